The van der Waals surface area contributed by atoms with Crippen molar-refractivity contribution in [1.82, 2.24) is 0 Å². The van der Waals surface area contributed by atoms with Gasteiger partial charge < -0.3 is 10.5 Å². The summed E-state index contributed by atoms with van der Waals surface area (Å²) in [6, 6.07) is 0.286. The lowest BCUT2D eigenvalue weighted by Crippen LogP contribution is -2.42. The van der Waals surface area contributed by atoms with E-state index in [1.54, 1.807) is 0 Å². The predicted octanol–water partition coefficient (Wildman–Crippen LogP) is 2.32. The normalized spacial score (nSPS) is 34.8. The maximum atomic E-state index is 6.01. The number of ether oxygens (including phenoxy) is 1. The third-order valence-electron chi connectivity index (χ3n) is 3.06. The van der Waals surface area contributed by atoms with Crippen molar-refractivity contribution in [2.45, 2.75) is 58.1 Å². The molecule has 78 valence electrons. The first-order valence-corrected chi connectivity index (χ1v) is 5.65. The molecule has 0 saturated heterocycles. The van der Waals surface area contributed by atoms with Crippen LogP contribution in [0.25, 0.3) is 0 Å². The van der Waals surface area contributed by atoms with Crippen molar-refractivity contribution in [2.75, 3.05) is 6.61 Å². The standard InChI is InChI=1S/C11H23NO/c1-3-7-13-11-8-9(4-2)5-6-10(11)12/h9-11H,3-8,12H2,1-2H3. The predicted molar refractivity (Wildman–Crippen MR) is 55.6 cm³/mol. The Morgan fingerprint density at radius 3 is 2.69 bits per heavy atom. The van der Waals surface area contributed by atoms with Crippen LogP contribution in [0.5, 0.6) is 0 Å². The summed E-state index contributed by atoms with van der Waals surface area (Å²) in [5.41, 5.74) is 6.01. The van der Waals surface area contributed by atoms with Gasteiger partial charge in [-0.05, 0) is 31.6 Å². The van der Waals surface area contributed by atoms with Crippen molar-refractivity contribution >= 4 is 0 Å². The van der Waals surface area contributed by atoms with Crippen LogP contribution in [0, 0.1) is 5.92 Å². The van der Waals surface area contributed by atoms with E-state index in [-0.39, 0.29) is 6.04 Å². The zero-order chi connectivity index (χ0) is 9.68. The van der Waals surface area contributed by atoms with Crippen molar-refractivity contribution < 1.29 is 4.74 Å². The van der Waals surface area contributed by atoms with Crippen molar-refractivity contribution in [2.24, 2.45) is 11.7 Å². The Labute approximate surface area is 81.8 Å². The highest BCUT2D eigenvalue weighted by Crippen LogP contribution is 2.27. The Bertz CT molecular complexity index is 138. The van der Waals surface area contributed by atoms with Crippen molar-refractivity contribution in [3.63, 3.8) is 0 Å². The van der Waals surface area contributed by atoms with E-state index in [9.17, 15) is 0 Å². The molecule has 3 atom stereocenters. The molecule has 0 bridgehead atoms. The minimum atomic E-state index is 0.286. The molecular weight excluding hydrogens is 162 g/mol. The maximum Gasteiger partial charge on any atom is 0.0728 e. The summed E-state index contributed by atoms with van der Waals surface area (Å²) in [4.78, 5) is 0. The van der Waals surface area contributed by atoms with Crippen LogP contribution < -0.4 is 5.73 Å². The summed E-state index contributed by atoms with van der Waals surface area (Å²) in [5.74, 6) is 0.849. The quantitative estimate of drug-likeness (QED) is 0.729. The fourth-order valence-corrected chi connectivity index (χ4v) is 2.07. The van der Waals surface area contributed by atoms with Crippen LogP contribution in [-0.4, -0.2) is 18.8 Å². The molecule has 2 N–H and O–H groups in total. The van der Waals surface area contributed by atoms with E-state index < -0.39 is 0 Å². The fraction of sp³-hybridized carbons (Fsp3) is 1.00. The highest BCUT2D eigenvalue weighted by atomic mass is 16.5. The first kappa shape index (κ1) is 11.0. The smallest absolute Gasteiger partial charge is 0.0728 e. The van der Waals surface area contributed by atoms with Gasteiger partial charge in [-0.2, -0.15) is 0 Å². The van der Waals surface area contributed by atoms with Gasteiger partial charge in [0.1, 0.15) is 0 Å². The molecule has 0 aromatic carbocycles. The molecular formula is C11H23NO. The second kappa shape index (κ2) is 5.61. The molecule has 0 amide bonds. The summed E-state index contributed by atoms with van der Waals surface area (Å²) in [7, 11) is 0. The molecule has 0 aromatic rings. The van der Waals surface area contributed by atoms with Crippen LogP contribution in [0.15, 0.2) is 0 Å². The largest absolute Gasteiger partial charge is 0.377 e. The van der Waals surface area contributed by atoms with E-state index in [0.717, 1.165) is 25.4 Å². The third kappa shape index (κ3) is 3.28. The Hall–Kier alpha value is -0.0800. The molecule has 2 heteroatoms. The van der Waals surface area contributed by atoms with Gasteiger partial charge in [-0.25, -0.2) is 0 Å². The molecule has 3 unspecified atom stereocenters. The molecule has 0 heterocycles. The SMILES string of the molecule is CCCOC1CC(CC)CCC1N. The van der Waals surface area contributed by atoms with E-state index in [1.807, 2.05) is 0 Å². The topological polar surface area (TPSA) is 35.2 Å². The summed E-state index contributed by atoms with van der Waals surface area (Å²) in [6.07, 6.45) is 6.33. The van der Waals surface area contributed by atoms with Crippen molar-refractivity contribution in [1.29, 1.82) is 0 Å². The number of rotatable bonds is 4. The molecule has 13 heavy (non-hydrogen) atoms. The summed E-state index contributed by atoms with van der Waals surface area (Å²) in [5, 5.41) is 0. The van der Waals surface area contributed by atoms with E-state index in [1.165, 1.54) is 19.3 Å². The summed E-state index contributed by atoms with van der Waals surface area (Å²) in [6.45, 7) is 5.28. The first-order valence-electron chi connectivity index (χ1n) is 5.65. The average molecular weight is 185 g/mol. The van der Waals surface area contributed by atoms with Gasteiger partial charge in [0.05, 0.1) is 6.10 Å². The summed E-state index contributed by atoms with van der Waals surface area (Å²) >= 11 is 0. The van der Waals surface area contributed by atoms with Crippen LogP contribution in [0.3, 0.4) is 0 Å². The minimum Gasteiger partial charge on any atom is -0.377 e. The lowest BCUT2D eigenvalue weighted by Gasteiger charge is -2.33. The van der Waals surface area contributed by atoms with E-state index >= 15 is 0 Å². The van der Waals surface area contributed by atoms with Gasteiger partial charge >= 0.3 is 0 Å². The molecule has 1 aliphatic carbocycles. The molecule has 2 nitrogen and oxygen atoms in total. The summed E-state index contributed by atoms with van der Waals surface area (Å²) < 4.78 is 5.75. The second-order valence-corrected chi connectivity index (χ2v) is 4.16. The van der Waals surface area contributed by atoms with E-state index in [2.05, 4.69) is 13.8 Å². The number of hydrogen-bond acceptors (Lipinski definition) is 2. The van der Waals surface area contributed by atoms with E-state index in [4.69, 9.17) is 10.5 Å². The van der Waals surface area contributed by atoms with Gasteiger partial charge in [0.2, 0.25) is 0 Å². The molecule has 1 rings (SSSR count). The van der Waals surface area contributed by atoms with Gasteiger partial charge in [0.15, 0.2) is 0 Å². The molecule has 1 fully saturated rings. The Morgan fingerprint density at radius 2 is 2.08 bits per heavy atom. The molecule has 0 radical (unpaired) electrons. The van der Waals surface area contributed by atoms with Gasteiger partial charge in [0, 0.05) is 12.6 Å². The minimum absolute atomic E-state index is 0.286. The highest BCUT2D eigenvalue weighted by molar-refractivity contribution is 4.82. The molecule has 1 aliphatic rings. The molecule has 1 saturated carbocycles. The zero-order valence-electron chi connectivity index (χ0n) is 8.96. The second-order valence-electron chi connectivity index (χ2n) is 4.16. The van der Waals surface area contributed by atoms with Crippen LogP contribution in [-0.2, 0) is 4.74 Å². The van der Waals surface area contributed by atoms with Gasteiger partial charge in [0.25, 0.3) is 0 Å². The number of nitrogens with two attached hydrogens (primary N) is 1. The van der Waals surface area contributed by atoms with Gasteiger partial charge in [-0.1, -0.05) is 20.3 Å². The molecule has 0 aromatic heterocycles. The van der Waals surface area contributed by atoms with Crippen LogP contribution in [0.1, 0.15) is 46.0 Å². The third-order valence-corrected chi connectivity index (χ3v) is 3.06. The van der Waals surface area contributed by atoms with Gasteiger partial charge in [-0.3, -0.25) is 0 Å². The van der Waals surface area contributed by atoms with Crippen molar-refractivity contribution in [3.8, 4) is 0 Å². The lowest BCUT2D eigenvalue weighted by atomic mass is 9.83. The first-order chi connectivity index (χ1) is 6.27. The Balaban J connectivity index is 2.31. The van der Waals surface area contributed by atoms with Crippen LogP contribution >= 0.6 is 0 Å². The van der Waals surface area contributed by atoms with E-state index in [0.29, 0.717) is 6.10 Å². The zero-order valence-corrected chi connectivity index (χ0v) is 8.96. The van der Waals surface area contributed by atoms with Gasteiger partial charge in [-0.15, -0.1) is 0 Å². The highest BCUT2D eigenvalue weighted by Gasteiger charge is 2.27. The Morgan fingerprint density at radius 1 is 1.31 bits per heavy atom. The van der Waals surface area contributed by atoms with Crippen molar-refractivity contribution in [3.05, 3.63) is 0 Å². The average Bonchev–Trinajstić information content (AvgIpc) is 2.17. The Kier molecular flexibility index (Phi) is 4.74. The van der Waals surface area contributed by atoms with Crippen LogP contribution in [0.2, 0.25) is 0 Å². The van der Waals surface area contributed by atoms with Crippen LogP contribution in [0.4, 0.5) is 0 Å². The monoisotopic (exact) mass is 185 g/mol. The molecule has 0 spiro atoms. The lowest BCUT2D eigenvalue weighted by molar-refractivity contribution is -0.000376. The fourth-order valence-electron chi connectivity index (χ4n) is 2.07. The number of hydrogen-bond donors (Lipinski definition) is 1. The molecule has 0 aliphatic heterocycles. The maximum absolute atomic E-state index is 6.01.